The first-order chi connectivity index (χ1) is 7.34. The first kappa shape index (κ1) is 8.96. The zero-order valence-corrected chi connectivity index (χ0v) is 8.87. The van der Waals surface area contributed by atoms with Crippen molar-refractivity contribution in [2.24, 2.45) is 0 Å². The van der Waals surface area contributed by atoms with E-state index in [0.29, 0.717) is 6.04 Å². The van der Waals surface area contributed by atoms with Gasteiger partial charge < -0.3 is 4.90 Å². The van der Waals surface area contributed by atoms with Gasteiger partial charge in [-0.2, -0.15) is 0 Å². The summed E-state index contributed by atoms with van der Waals surface area (Å²) in [7, 11) is 0. The fourth-order valence-corrected chi connectivity index (χ4v) is 2.85. The predicted molar refractivity (Wildman–Crippen MR) is 61.3 cm³/mol. The van der Waals surface area contributed by atoms with Crippen LogP contribution in [0.5, 0.6) is 0 Å². The fourth-order valence-electron chi connectivity index (χ4n) is 2.85. The highest BCUT2D eigenvalue weighted by Gasteiger charge is 2.30. The molecule has 2 aliphatic rings. The lowest BCUT2D eigenvalue weighted by Gasteiger charge is -2.25. The Balaban J connectivity index is 1.81. The zero-order chi connectivity index (χ0) is 10.3. The quantitative estimate of drug-likeness (QED) is 0.739. The van der Waals surface area contributed by atoms with Crippen LogP contribution in [0.15, 0.2) is 24.3 Å². The third-order valence-electron chi connectivity index (χ3n) is 3.63. The van der Waals surface area contributed by atoms with Crippen LogP contribution >= 0.6 is 0 Å². The van der Waals surface area contributed by atoms with E-state index in [2.05, 4.69) is 29.2 Å². The summed E-state index contributed by atoms with van der Waals surface area (Å²) in [6.07, 6.45) is 4.43. The minimum atomic E-state index is 0.567. The summed E-state index contributed by atoms with van der Waals surface area (Å²) in [6.45, 7) is 1.09. The molecule has 0 bridgehead atoms. The molecule has 1 aromatic carbocycles. The average Bonchev–Trinajstić information content (AvgIpc) is 2.82. The largest absolute Gasteiger partial charge is 0.357 e. The summed E-state index contributed by atoms with van der Waals surface area (Å²) in [5.41, 5.74) is 2.98. The van der Waals surface area contributed by atoms with Crippen molar-refractivity contribution in [1.29, 1.82) is 5.41 Å². The van der Waals surface area contributed by atoms with Crippen LogP contribution in [-0.2, 0) is 12.8 Å². The first-order valence-electron chi connectivity index (χ1n) is 5.75. The predicted octanol–water partition coefficient (Wildman–Crippen LogP) is 2.23. The van der Waals surface area contributed by atoms with Gasteiger partial charge in [0, 0.05) is 19.0 Å². The van der Waals surface area contributed by atoms with Crippen LogP contribution in [0.3, 0.4) is 0 Å². The van der Waals surface area contributed by atoms with Gasteiger partial charge in [0.25, 0.3) is 0 Å². The molecule has 2 nitrogen and oxygen atoms in total. The number of benzene rings is 1. The molecular formula is C13H16N2. The van der Waals surface area contributed by atoms with Crippen LogP contribution < -0.4 is 0 Å². The molecule has 0 radical (unpaired) electrons. The Morgan fingerprint density at radius 3 is 2.33 bits per heavy atom. The number of nitrogens with zero attached hydrogens (tertiary/aromatic N) is 1. The number of hydrogen-bond donors (Lipinski definition) is 1. The van der Waals surface area contributed by atoms with Gasteiger partial charge in [0.2, 0.25) is 0 Å². The lowest BCUT2D eigenvalue weighted by Crippen LogP contribution is -2.36. The Bertz CT molecular complexity index is 372. The van der Waals surface area contributed by atoms with Gasteiger partial charge in [0.05, 0.1) is 5.84 Å². The standard InChI is InChI=1S/C13H16N2/c14-13-6-3-7-15(13)12-8-10-4-1-2-5-11(10)9-12/h1-2,4-5,12,14H,3,6-9H2. The van der Waals surface area contributed by atoms with E-state index in [0.717, 1.165) is 31.6 Å². The van der Waals surface area contributed by atoms with E-state index in [4.69, 9.17) is 5.41 Å². The summed E-state index contributed by atoms with van der Waals surface area (Å²) in [5.74, 6) is 0.854. The highest BCUT2D eigenvalue weighted by atomic mass is 15.2. The van der Waals surface area contributed by atoms with Gasteiger partial charge in [0.1, 0.15) is 0 Å². The molecule has 15 heavy (non-hydrogen) atoms. The van der Waals surface area contributed by atoms with E-state index in [1.165, 1.54) is 17.5 Å². The summed E-state index contributed by atoms with van der Waals surface area (Å²) in [5, 5.41) is 7.90. The number of amidine groups is 1. The lowest BCUT2D eigenvalue weighted by atomic mass is 10.1. The molecule has 3 rings (SSSR count). The summed E-state index contributed by atoms with van der Waals surface area (Å²) in [4.78, 5) is 2.31. The van der Waals surface area contributed by atoms with Gasteiger partial charge in [-0.15, -0.1) is 0 Å². The molecule has 0 aromatic heterocycles. The molecule has 0 unspecified atom stereocenters. The van der Waals surface area contributed by atoms with Gasteiger partial charge >= 0.3 is 0 Å². The molecular weight excluding hydrogens is 184 g/mol. The van der Waals surface area contributed by atoms with E-state index in [1.54, 1.807) is 0 Å². The zero-order valence-electron chi connectivity index (χ0n) is 8.87. The van der Waals surface area contributed by atoms with Crippen LogP contribution in [0.25, 0.3) is 0 Å². The van der Waals surface area contributed by atoms with E-state index in [9.17, 15) is 0 Å². The number of rotatable bonds is 1. The maximum Gasteiger partial charge on any atom is 0.0961 e. The normalized spacial score (nSPS) is 21.1. The first-order valence-corrected chi connectivity index (χ1v) is 5.75. The molecule has 0 saturated carbocycles. The van der Waals surface area contributed by atoms with Crippen LogP contribution in [0, 0.1) is 5.41 Å². The van der Waals surface area contributed by atoms with E-state index >= 15 is 0 Å². The Kier molecular flexibility index (Phi) is 2.01. The Morgan fingerprint density at radius 2 is 1.80 bits per heavy atom. The molecule has 0 spiro atoms. The SMILES string of the molecule is N=C1CCCN1C1Cc2ccccc2C1. The molecule has 1 N–H and O–H groups in total. The molecule has 1 saturated heterocycles. The highest BCUT2D eigenvalue weighted by Crippen LogP contribution is 2.27. The Morgan fingerprint density at radius 1 is 1.13 bits per heavy atom. The molecule has 1 heterocycles. The van der Waals surface area contributed by atoms with E-state index < -0.39 is 0 Å². The van der Waals surface area contributed by atoms with Crippen molar-refractivity contribution in [1.82, 2.24) is 4.90 Å². The average molecular weight is 200 g/mol. The van der Waals surface area contributed by atoms with Crippen LogP contribution in [-0.4, -0.2) is 23.3 Å². The van der Waals surface area contributed by atoms with Crippen molar-refractivity contribution in [2.75, 3.05) is 6.54 Å². The van der Waals surface area contributed by atoms with Crippen molar-refractivity contribution in [2.45, 2.75) is 31.7 Å². The van der Waals surface area contributed by atoms with Crippen LogP contribution in [0.1, 0.15) is 24.0 Å². The molecule has 1 fully saturated rings. The van der Waals surface area contributed by atoms with E-state index in [-0.39, 0.29) is 0 Å². The van der Waals surface area contributed by atoms with Gasteiger partial charge in [-0.1, -0.05) is 24.3 Å². The van der Waals surface area contributed by atoms with Gasteiger partial charge in [-0.05, 0) is 30.4 Å². The molecule has 1 aliphatic heterocycles. The number of fused-ring (bicyclic) bond motifs is 1. The molecule has 0 atom stereocenters. The topological polar surface area (TPSA) is 27.1 Å². The summed E-state index contributed by atoms with van der Waals surface area (Å²) >= 11 is 0. The maximum atomic E-state index is 7.90. The molecule has 1 aromatic rings. The van der Waals surface area contributed by atoms with Gasteiger partial charge in [0.15, 0.2) is 0 Å². The lowest BCUT2D eigenvalue weighted by molar-refractivity contribution is 0.342. The third-order valence-corrected chi connectivity index (χ3v) is 3.63. The summed E-state index contributed by atoms with van der Waals surface area (Å²) < 4.78 is 0. The van der Waals surface area contributed by atoms with Crippen molar-refractivity contribution in [3.63, 3.8) is 0 Å². The van der Waals surface area contributed by atoms with Crippen molar-refractivity contribution in [3.8, 4) is 0 Å². The second-order valence-electron chi connectivity index (χ2n) is 4.57. The monoisotopic (exact) mass is 200 g/mol. The van der Waals surface area contributed by atoms with Crippen LogP contribution in [0.2, 0.25) is 0 Å². The minimum Gasteiger partial charge on any atom is -0.357 e. The van der Waals surface area contributed by atoms with Crippen molar-refractivity contribution < 1.29 is 0 Å². The number of likely N-dealkylation sites (tertiary alicyclic amines) is 1. The van der Waals surface area contributed by atoms with E-state index in [1.807, 2.05) is 0 Å². The number of hydrogen-bond acceptors (Lipinski definition) is 1. The summed E-state index contributed by atoms with van der Waals surface area (Å²) in [6, 6.07) is 9.27. The Hall–Kier alpha value is -1.31. The fraction of sp³-hybridized carbons (Fsp3) is 0.462. The Labute approximate surface area is 90.4 Å². The molecule has 1 aliphatic carbocycles. The number of nitrogens with one attached hydrogen (secondary N) is 1. The second-order valence-corrected chi connectivity index (χ2v) is 4.57. The van der Waals surface area contributed by atoms with Crippen molar-refractivity contribution >= 4 is 5.84 Å². The molecule has 0 amide bonds. The second kappa shape index (κ2) is 3.37. The van der Waals surface area contributed by atoms with Gasteiger partial charge in [-0.25, -0.2) is 0 Å². The van der Waals surface area contributed by atoms with Gasteiger partial charge in [-0.3, -0.25) is 5.41 Å². The molecule has 78 valence electrons. The van der Waals surface area contributed by atoms with Crippen molar-refractivity contribution in [3.05, 3.63) is 35.4 Å². The van der Waals surface area contributed by atoms with Crippen LogP contribution in [0.4, 0.5) is 0 Å². The smallest absolute Gasteiger partial charge is 0.0961 e. The minimum absolute atomic E-state index is 0.567. The maximum absolute atomic E-state index is 7.90. The highest BCUT2D eigenvalue weighted by molar-refractivity contribution is 5.81. The molecule has 2 heteroatoms. The third kappa shape index (κ3) is 1.44.